The van der Waals surface area contributed by atoms with Crippen LogP contribution in [-0.4, -0.2) is 86.7 Å². The number of hydrogen-bond acceptors (Lipinski definition) is 8. The molecule has 1 aromatic rings. The summed E-state index contributed by atoms with van der Waals surface area (Å²) in [5.74, 6) is -2.50. The van der Waals surface area contributed by atoms with Crippen molar-refractivity contribution in [3.63, 3.8) is 0 Å². The molecule has 12 heteroatoms. The van der Waals surface area contributed by atoms with Crippen molar-refractivity contribution < 1.29 is 34.1 Å². The number of carboxylic acid groups (broad SMARTS) is 1. The lowest BCUT2D eigenvalue weighted by molar-refractivity contribution is -0.142. The lowest BCUT2D eigenvalue weighted by atomic mass is 9.85. The van der Waals surface area contributed by atoms with Crippen LogP contribution in [0.4, 0.5) is 4.79 Å². The number of thiazole rings is 1. The quantitative estimate of drug-likeness (QED) is 0.243. The number of amides is 3. The molecule has 0 spiro atoms. The van der Waals surface area contributed by atoms with Gasteiger partial charge in [0.25, 0.3) is 0 Å². The van der Waals surface area contributed by atoms with Crippen LogP contribution < -0.4 is 5.32 Å². The molecule has 0 aliphatic carbocycles. The van der Waals surface area contributed by atoms with Gasteiger partial charge in [0.2, 0.25) is 11.8 Å². The van der Waals surface area contributed by atoms with Crippen molar-refractivity contribution in [3.05, 3.63) is 16.1 Å². The molecule has 246 valence electrons. The topological polar surface area (TPSA) is 149 Å². The number of aromatic nitrogens is 1. The average Bonchev–Trinajstić information content (AvgIpc) is 3.40. The maximum Gasteiger partial charge on any atom is 0.410 e. The average molecular weight is 627 g/mol. The van der Waals surface area contributed by atoms with Gasteiger partial charge in [0.05, 0.1) is 0 Å². The zero-order valence-corrected chi connectivity index (χ0v) is 28.9. The zero-order chi connectivity index (χ0) is 33.4. The molecule has 3 amide bonds. The van der Waals surface area contributed by atoms with Crippen LogP contribution in [0.5, 0.6) is 0 Å². The summed E-state index contributed by atoms with van der Waals surface area (Å²) in [5, 5.41) is 25.8. The molecule has 0 aliphatic rings. The van der Waals surface area contributed by atoms with Crippen LogP contribution in [0, 0.1) is 17.8 Å². The predicted octanol–water partition coefficient (Wildman–Crippen LogP) is 5.12. The van der Waals surface area contributed by atoms with Crippen molar-refractivity contribution in [2.45, 2.75) is 124 Å². The fourth-order valence-electron chi connectivity index (χ4n) is 5.14. The molecule has 1 heterocycles. The normalized spacial score (nSPS) is 16.2. The number of rotatable bonds is 15. The number of carboxylic acids is 1. The number of ether oxygens (including phenoxy) is 1. The molecule has 5 atom stereocenters. The second-order valence-corrected chi connectivity index (χ2v) is 14.1. The monoisotopic (exact) mass is 626 g/mol. The number of nitrogens with zero attached hydrogens (tertiary/aromatic N) is 3. The molecule has 0 unspecified atom stereocenters. The molecule has 0 aromatic carbocycles. The molecule has 0 bridgehead atoms. The molecule has 0 radical (unpaired) electrons. The molecule has 0 fully saturated rings. The van der Waals surface area contributed by atoms with E-state index < -0.39 is 47.3 Å². The third-order valence-corrected chi connectivity index (χ3v) is 8.76. The fraction of sp³-hybridized carbons (Fsp3) is 0.774. The van der Waals surface area contributed by atoms with Crippen molar-refractivity contribution in [3.8, 4) is 0 Å². The minimum absolute atomic E-state index is 0.0776. The smallest absolute Gasteiger partial charge is 0.410 e. The predicted molar refractivity (Wildman–Crippen MR) is 168 cm³/mol. The Bertz CT molecular complexity index is 1100. The maximum absolute atomic E-state index is 14.1. The van der Waals surface area contributed by atoms with Gasteiger partial charge in [-0.2, -0.15) is 0 Å². The van der Waals surface area contributed by atoms with Crippen LogP contribution in [0.1, 0.15) is 110 Å². The summed E-state index contributed by atoms with van der Waals surface area (Å²) in [5.41, 5.74) is -2.30. The summed E-state index contributed by atoms with van der Waals surface area (Å²) < 4.78 is 5.49. The second-order valence-electron chi connectivity index (χ2n) is 13.2. The van der Waals surface area contributed by atoms with E-state index in [0.717, 1.165) is 11.3 Å². The Morgan fingerprint density at radius 3 is 2.02 bits per heavy atom. The maximum atomic E-state index is 14.1. The Hall–Kier alpha value is -2.73. The van der Waals surface area contributed by atoms with Crippen LogP contribution in [0.25, 0.3) is 0 Å². The summed E-state index contributed by atoms with van der Waals surface area (Å²) in [6, 6.07) is -2.20. The van der Waals surface area contributed by atoms with E-state index in [1.165, 1.54) is 17.3 Å². The first-order chi connectivity index (χ1) is 19.7. The molecule has 1 aromatic heterocycles. The summed E-state index contributed by atoms with van der Waals surface area (Å²) in [4.78, 5) is 59.1. The minimum atomic E-state index is -1.44. The van der Waals surface area contributed by atoms with Crippen molar-refractivity contribution in [2.75, 3.05) is 14.1 Å². The number of carbonyl (C=O) groups is 4. The van der Waals surface area contributed by atoms with Gasteiger partial charge < -0.3 is 25.2 Å². The van der Waals surface area contributed by atoms with E-state index in [1.807, 2.05) is 48.5 Å². The lowest BCUT2D eigenvalue weighted by Gasteiger charge is -2.40. The Kier molecular flexibility index (Phi) is 14.1. The Morgan fingerprint density at radius 1 is 1.02 bits per heavy atom. The van der Waals surface area contributed by atoms with Crippen LogP contribution in [0.15, 0.2) is 5.38 Å². The number of likely N-dealkylation sites (N-methyl/N-ethyl adjacent to an activating group) is 2. The zero-order valence-electron chi connectivity index (χ0n) is 28.1. The molecule has 1 rings (SSSR count). The van der Waals surface area contributed by atoms with Gasteiger partial charge in [-0.3, -0.25) is 14.5 Å². The molecular formula is C31H54N4O7S. The van der Waals surface area contributed by atoms with Crippen molar-refractivity contribution >= 4 is 35.2 Å². The Balaban J connectivity index is 3.36. The van der Waals surface area contributed by atoms with E-state index in [2.05, 4.69) is 10.3 Å². The highest BCUT2D eigenvalue weighted by Gasteiger charge is 2.41. The first-order valence-electron chi connectivity index (χ1n) is 15.1. The lowest BCUT2D eigenvalue weighted by Crippen LogP contribution is -2.59. The largest absolute Gasteiger partial charge is 0.476 e. The van der Waals surface area contributed by atoms with Crippen LogP contribution in [-0.2, 0) is 19.9 Å². The number of hydrogen-bond donors (Lipinski definition) is 3. The van der Waals surface area contributed by atoms with Gasteiger partial charge in [-0.15, -0.1) is 11.3 Å². The molecule has 0 saturated carbocycles. The number of nitrogens with one attached hydrogen (secondary N) is 1. The Labute approximate surface area is 261 Å². The van der Waals surface area contributed by atoms with Crippen LogP contribution in [0.3, 0.4) is 0 Å². The van der Waals surface area contributed by atoms with Gasteiger partial charge in [-0.25, -0.2) is 14.6 Å². The molecule has 0 aliphatic heterocycles. The number of aliphatic hydroxyl groups is 1. The highest BCUT2D eigenvalue weighted by atomic mass is 32.1. The van der Waals surface area contributed by atoms with E-state index >= 15 is 0 Å². The first kappa shape index (κ1) is 38.3. The van der Waals surface area contributed by atoms with Crippen LogP contribution >= 0.6 is 11.3 Å². The van der Waals surface area contributed by atoms with Gasteiger partial charge in [0.1, 0.15) is 28.3 Å². The third kappa shape index (κ3) is 10.4. The summed E-state index contributed by atoms with van der Waals surface area (Å²) >= 11 is 1.09. The summed E-state index contributed by atoms with van der Waals surface area (Å²) in [6.07, 6.45) is 1.08. The van der Waals surface area contributed by atoms with E-state index in [-0.39, 0.29) is 35.8 Å². The highest BCUT2D eigenvalue weighted by Crippen LogP contribution is 2.36. The first-order valence-corrected chi connectivity index (χ1v) is 16.0. The summed E-state index contributed by atoms with van der Waals surface area (Å²) in [7, 11) is 3.18. The molecule has 3 N–H and O–H groups in total. The van der Waals surface area contributed by atoms with Gasteiger partial charge in [-0.1, -0.05) is 61.3 Å². The fourth-order valence-corrected chi connectivity index (χ4v) is 6.07. The Morgan fingerprint density at radius 2 is 1.60 bits per heavy atom. The standard InChI is InChI=1S/C31H54N4O7S/c1-13-15-31(41,28-32-21(17-43-28)27(38)39)16-22(18(3)4)34(11)26(37)23(20(7)14-2)33-25(36)24(19(5)6)35(12)29(40)42-30(8,9)10/h17-20,22-24,41H,13-16H2,1-12H3,(H,33,36)(H,38,39)/t20-,22+,23-,24-,31+/m0/s1. The number of carbonyl (C=O) groups excluding carboxylic acids is 3. The molecular weight excluding hydrogens is 572 g/mol. The molecule has 43 heavy (non-hydrogen) atoms. The van der Waals surface area contributed by atoms with E-state index in [4.69, 9.17) is 4.74 Å². The van der Waals surface area contributed by atoms with Gasteiger partial charge in [-0.05, 0) is 44.9 Å². The summed E-state index contributed by atoms with van der Waals surface area (Å²) in [6.45, 7) is 18.6. The third-order valence-electron chi connectivity index (χ3n) is 7.72. The van der Waals surface area contributed by atoms with Crippen molar-refractivity contribution in [2.24, 2.45) is 17.8 Å². The SMILES string of the molecule is CCC[C@@](O)(C[C@H](C(C)C)N(C)C(=O)[C@@H](NC(=O)[C@H](C(C)C)N(C)C(=O)OC(C)(C)C)[C@@H](C)CC)c1nc(C(=O)O)cs1. The van der Waals surface area contributed by atoms with E-state index in [9.17, 15) is 29.4 Å². The molecule has 11 nitrogen and oxygen atoms in total. The van der Waals surface area contributed by atoms with Crippen molar-refractivity contribution in [1.29, 1.82) is 0 Å². The van der Waals surface area contributed by atoms with Gasteiger partial charge >= 0.3 is 12.1 Å². The minimum Gasteiger partial charge on any atom is -0.476 e. The van der Waals surface area contributed by atoms with Crippen molar-refractivity contribution in [1.82, 2.24) is 20.1 Å². The number of aromatic carboxylic acids is 1. The van der Waals surface area contributed by atoms with E-state index in [1.54, 1.807) is 32.7 Å². The molecule has 0 saturated heterocycles. The van der Waals surface area contributed by atoms with Crippen LogP contribution in [0.2, 0.25) is 0 Å². The van der Waals surface area contributed by atoms with Gasteiger partial charge in [0, 0.05) is 31.9 Å². The van der Waals surface area contributed by atoms with E-state index in [0.29, 0.717) is 24.3 Å². The second kappa shape index (κ2) is 15.8. The van der Waals surface area contributed by atoms with Gasteiger partial charge in [0.15, 0.2) is 5.69 Å². The highest BCUT2D eigenvalue weighted by molar-refractivity contribution is 7.10.